The van der Waals surface area contributed by atoms with Crippen molar-refractivity contribution in [1.82, 2.24) is 23.8 Å². The van der Waals surface area contributed by atoms with Gasteiger partial charge in [0.15, 0.2) is 5.65 Å². The number of hydrogen-bond acceptors (Lipinski definition) is 6. The Balaban J connectivity index is 1.58. The maximum Gasteiger partial charge on any atom is 0.259 e. The van der Waals surface area contributed by atoms with Crippen molar-refractivity contribution in [3.05, 3.63) is 59.0 Å². The molecule has 1 amide bonds. The highest BCUT2D eigenvalue weighted by atomic mass is 32.2. The summed E-state index contributed by atoms with van der Waals surface area (Å²) in [6.45, 7) is 5.90. The van der Waals surface area contributed by atoms with E-state index in [2.05, 4.69) is 10.1 Å². The summed E-state index contributed by atoms with van der Waals surface area (Å²) in [6, 6.07) is 7.97. The van der Waals surface area contributed by atoms with Crippen LogP contribution in [0.1, 0.15) is 34.1 Å². The Bertz CT molecular complexity index is 1320. The van der Waals surface area contributed by atoms with E-state index in [1.54, 1.807) is 47.8 Å². The van der Waals surface area contributed by atoms with E-state index in [-0.39, 0.29) is 36.5 Å². The highest BCUT2D eigenvalue weighted by Crippen LogP contribution is 2.25. The molecule has 1 aromatic carbocycles. The number of aryl methyl sites for hydroxylation is 2. The van der Waals surface area contributed by atoms with Crippen LogP contribution in [0.5, 0.6) is 0 Å². The van der Waals surface area contributed by atoms with Gasteiger partial charge in [0.25, 0.3) is 5.91 Å². The molecular formula is C21H22N6O3S. The zero-order chi connectivity index (χ0) is 22.3. The standard InChI is InChI=1S/C21H22N6O3S/c1-14-11-17(12-22)5-6-18(14)31(29,30)25-9-10-26(15(2)13-25)21(28)19-16(3)24-27-8-4-7-23-20(19)27/h4-8,11,15H,9-10,13H2,1-3H3/t15-/m0/s1. The summed E-state index contributed by atoms with van der Waals surface area (Å²) >= 11 is 0. The average Bonchev–Trinajstić information content (AvgIpc) is 3.08. The van der Waals surface area contributed by atoms with Gasteiger partial charge in [-0.15, -0.1) is 0 Å². The number of amides is 1. The zero-order valence-corrected chi connectivity index (χ0v) is 18.3. The second kappa shape index (κ2) is 7.76. The van der Waals surface area contributed by atoms with E-state index in [1.165, 1.54) is 16.4 Å². The predicted octanol–water partition coefficient (Wildman–Crippen LogP) is 1.75. The molecule has 10 heteroatoms. The first-order valence-electron chi connectivity index (χ1n) is 9.86. The summed E-state index contributed by atoms with van der Waals surface area (Å²) in [7, 11) is -3.74. The van der Waals surface area contributed by atoms with Crippen molar-refractivity contribution in [2.45, 2.75) is 31.7 Å². The first-order chi connectivity index (χ1) is 14.7. The first kappa shape index (κ1) is 21.0. The van der Waals surface area contributed by atoms with Gasteiger partial charge in [0.2, 0.25) is 10.0 Å². The van der Waals surface area contributed by atoms with Crippen LogP contribution in [0.3, 0.4) is 0 Å². The molecule has 0 saturated carbocycles. The third kappa shape index (κ3) is 3.56. The van der Waals surface area contributed by atoms with Gasteiger partial charge in [-0.1, -0.05) is 0 Å². The normalized spacial score (nSPS) is 17.6. The number of carbonyl (C=O) groups excluding carboxylic acids is 1. The van der Waals surface area contributed by atoms with Crippen LogP contribution in [0.2, 0.25) is 0 Å². The lowest BCUT2D eigenvalue weighted by atomic mass is 10.1. The SMILES string of the molecule is Cc1cc(C#N)ccc1S(=O)(=O)N1CCN(C(=O)c2c(C)nn3cccnc23)[C@@H](C)C1. The van der Waals surface area contributed by atoms with Crippen molar-refractivity contribution in [3.63, 3.8) is 0 Å². The molecule has 160 valence electrons. The minimum Gasteiger partial charge on any atom is -0.333 e. The van der Waals surface area contributed by atoms with Crippen molar-refractivity contribution in [3.8, 4) is 6.07 Å². The minimum absolute atomic E-state index is 0.180. The van der Waals surface area contributed by atoms with E-state index in [0.29, 0.717) is 28.0 Å². The summed E-state index contributed by atoms with van der Waals surface area (Å²) < 4.78 is 29.4. The molecule has 0 spiro atoms. The van der Waals surface area contributed by atoms with Crippen LogP contribution in [0, 0.1) is 25.2 Å². The molecule has 3 heterocycles. The lowest BCUT2D eigenvalue weighted by Crippen LogP contribution is -2.55. The molecule has 31 heavy (non-hydrogen) atoms. The van der Waals surface area contributed by atoms with Crippen LogP contribution in [0.4, 0.5) is 0 Å². The Hall–Kier alpha value is -3.29. The molecule has 1 atom stereocenters. The zero-order valence-electron chi connectivity index (χ0n) is 17.5. The van der Waals surface area contributed by atoms with Gasteiger partial charge < -0.3 is 4.90 Å². The van der Waals surface area contributed by atoms with E-state index in [9.17, 15) is 13.2 Å². The second-order valence-electron chi connectivity index (χ2n) is 7.65. The molecule has 1 fully saturated rings. The van der Waals surface area contributed by atoms with Crippen LogP contribution in [-0.2, 0) is 10.0 Å². The second-order valence-corrected chi connectivity index (χ2v) is 9.56. The van der Waals surface area contributed by atoms with Crippen LogP contribution >= 0.6 is 0 Å². The summed E-state index contributed by atoms with van der Waals surface area (Å²) in [5, 5.41) is 13.4. The predicted molar refractivity (Wildman–Crippen MR) is 113 cm³/mol. The van der Waals surface area contributed by atoms with Gasteiger partial charge in [-0.05, 0) is 50.6 Å². The van der Waals surface area contributed by atoms with E-state index >= 15 is 0 Å². The fraction of sp³-hybridized carbons (Fsp3) is 0.333. The van der Waals surface area contributed by atoms with E-state index in [4.69, 9.17) is 5.26 Å². The highest BCUT2D eigenvalue weighted by Gasteiger charge is 2.36. The lowest BCUT2D eigenvalue weighted by molar-refractivity contribution is 0.0592. The number of fused-ring (bicyclic) bond motifs is 1. The summed E-state index contributed by atoms with van der Waals surface area (Å²) in [5.41, 5.74) is 2.45. The van der Waals surface area contributed by atoms with E-state index in [0.717, 1.165) is 0 Å². The maximum atomic E-state index is 13.3. The first-order valence-corrected chi connectivity index (χ1v) is 11.3. The largest absolute Gasteiger partial charge is 0.333 e. The molecule has 0 bridgehead atoms. The third-order valence-corrected chi connectivity index (χ3v) is 7.58. The molecule has 1 aliphatic rings. The lowest BCUT2D eigenvalue weighted by Gasteiger charge is -2.39. The molecule has 0 radical (unpaired) electrons. The van der Waals surface area contributed by atoms with Crippen molar-refractivity contribution < 1.29 is 13.2 Å². The number of hydrogen-bond donors (Lipinski definition) is 0. The molecule has 1 aliphatic heterocycles. The van der Waals surface area contributed by atoms with Gasteiger partial charge in [0.1, 0.15) is 5.56 Å². The van der Waals surface area contributed by atoms with Crippen LogP contribution in [0.15, 0.2) is 41.6 Å². The molecule has 2 aromatic heterocycles. The highest BCUT2D eigenvalue weighted by molar-refractivity contribution is 7.89. The van der Waals surface area contributed by atoms with Gasteiger partial charge in [-0.25, -0.2) is 17.9 Å². The van der Waals surface area contributed by atoms with Crippen molar-refractivity contribution in [2.75, 3.05) is 19.6 Å². The van der Waals surface area contributed by atoms with Crippen LogP contribution in [0.25, 0.3) is 5.65 Å². The Morgan fingerprint density at radius 2 is 2.03 bits per heavy atom. The Morgan fingerprint density at radius 3 is 2.71 bits per heavy atom. The quantitative estimate of drug-likeness (QED) is 0.616. The minimum atomic E-state index is -3.74. The number of benzene rings is 1. The van der Waals surface area contributed by atoms with Gasteiger partial charge in [0, 0.05) is 38.1 Å². The van der Waals surface area contributed by atoms with Crippen LogP contribution in [-0.4, -0.2) is 63.8 Å². The maximum absolute atomic E-state index is 13.3. The fourth-order valence-corrected chi connectivity index (χ4v) is 5.70. The fourth-order valence-electron chi connectivity index (χ4n) is 3.98. The third-order valence-electron chi connectivity index (χ3n) is 5.56. The number of nitriles is 1. The van der Waals surface area contributed by atoms with E-state index < -0.39 is 10.0 Å². The van der Waals surface area contributed by atoms with Gasteiger partial charge in [0.05, 0.1) is 22.2 Å². The Kier molecular flexibility index (Phi) is 5.24. The number of sulfonamides is 1. The Labute approximate surface area is 180 Å². The monoisotopic (exact) mass is 438 g/mol. The molecule has 1 saturated heterocycles. The molecule has 0 unspecified atom stereocenters. The van der Waals surface area contributed by atoms with Crippen molar-refractivity contribution in [1.29, 1.82) is 5.26 Å². The number of carbonyl (C=O) groups is 1. The molecule has 3 aromatic rings. The topological polar surface area (TPSA) is 112 Å². The molecule has 4 rings (SSSR count). The van der Waals surface area contributed by atoms with Crippen molar-refractivity contribution in [2.24, 2.45) is 0 Å². The van der Waals surface area contributed by atoms with Crippen molar-refractivity contribution >= 4 is 21.6 Å². The summed E-state index contributed by atoms with van der Waals surface area (Å²) in [6.07, 6.45) is 3.35. The smallest absolute Gasteiger partial charge is 0.259 e. The van der Waals surface area contributed by atoms with Gasteiger partial charge >= 0.3 is 0 Å². The average molecular weight is 439 g/mol. The number of rotatable bonds is 3. The van der Waals surface area contributed by atoms with Gasteiger partial charge in [-0.3, -0.25) is 4.79 Å². The van der Waals surface area contributed by atoms with Crippen LogP contribution < -0.4 is 0 Å². The Morgan fingerprint density at radius 1 is 1.26 bits per heavy atom. The van der Waals surface area contributed by atoms with Gasteiger partial charge in [-0.2, -0.15) is 14.7 Å². The molecule has 0 N–H and O–H groups in total. The number of nitrogens with zero attached hydrogens (tertiary/aromatic N) is 6. The number of piperazine rings is 1. The molecule has 9 nitrogen and oxygen atoms in total. The summed E-state index contributed by atoms with van der Waals surface area (Å²) in [5.74, 6) is -0.203. The molecule has 0 aliphatic carbocycles. The molecular weight excluding hydrogens is 416 g/mol. The summed E-state index contributed by atoms with van der Waals surface area (Å²) in [4.78, 5) is 19.4. The van der Waals surface area contributed by atoms with E-state index in [1.807, 2.05) is 13.0 Å². The number of aromatic nitrogens is 3.